The first-order chi connectivity index (χ1) is 12.1. The number of ether oxygens (including phenoxy) is 3. The quantitative estimate of drug-likeness (QED) is 0.756. The Balaban J connectivity index is 1.69. The lowest BCUT2D eigenvalue weighted by atomic mass is 9.96. The molecular formula is C21H24O4. The molecule has 0 aliphatic carbocycles. The highest BCUT2D eigenvalue weighted by molar-refractivity contribution is 6.00. The summed E-state index contributed by atoms with van der Waals surface area (Å²) in [4.78, 5) is 12.4. The minimum absolute atomic E-state index is 0.0717. The van der Waals surface area contributed by atoms with Crippen LogP contribution >= 0.6 is 0 Å². The highest BCUT2D eigenvalue weighted by Gasteiger charge is 2.28. The summed E-state index contributed by atoms with van der Waals surface area (Å²) in [7, 11) is 1.59. The fraction of sp³-hybridized carbons (Fsp3) is 0.381. The van der Waals surface area contributed by atoms with Gasteiger partial charge in [-0.1, -0.05) is 26.0 Å². The van der Waals surface area contributed by atoms with Gasteiger partial charge in [-0.15, -0.1) is 0 Å². The van der Waals surface area contributed by atoms with Crippen LogP contribution in [0.3, 0.4) is 0 Å². The second-order valence-corrected chi connectivity index (χ2v) is 6.70. The first-order valence-corrected chi connectivity index (χ1v) is 8.67. The van der Waals surface area contributed by atoms with Gasteiger partial charge >= 0.3 is 0 Å². The van der Waals surface area contributed by atoms with Crippen LogP contribution in [0.15, 0.2) is 42.5 Å². The second-order valence-electron chi connectivity index (χ2n) is 6.70. The number of fused-ring (bicyclic) bond motifs is 1. The Kier molecular flexibility index (Phi) is 5.27. The van der Waals surface area contributed by atoms with Crippen molar-refractivity contribution in [1.82, 2.24) is 0 Å². The van der Waals surface area contributed by atoms with Gasteiger partial charge in [0.2, 0.25) is 0 Å². The number of Topliss-reactive ketones (excluding diaryl/α,β-unsaturated/α-hetero) is 1. The van der Waals surface area contributed by atoms with E-state index in [0.717, 1.165) is 17.7 Å². The summed E-state index contributed by atoms with van der Waals surface area (Å²) in [5.74, 6) is 2.81. The third-order valence-electron chi connectivity index (χ3n) is 4.34. The molecule has 0 N–H and O–H groups in total. The summed E-state index contributed by atoms with van der Waals surface area (Å²) < 4.78 is 16.9. The zero-order chi connectivity index (χ0) is 17.8. The minimum atomic E-state index is -0.266. The standard InChI is InChI=1S/C21H24O4/c1-14(2)10-11-24-16-6-4-15(5-7-16)21-13-19(22)18-12-17(23-3)8-9-20(18)25-21/h4-9,12,14,21H,10-11,13H2,1-3H3. The zero-order valence-electron chi connectivity index (χ0n) is 15.0. The molecule has 4 heteroatoms. The number of ketones is 1. The Bertz CT molecular complexity index is 734. The lowest BCUT2D eigenvalue weighted by Gasteiger charge is -2.26. The maximum atomic E-state index is 12.4. The van der Waals surface area contributed by atoms with Crippen LogP contribution in [0.2, 0.25) is 0 Å². The molecule has 132 valence electrons. The average molecular weight is 340 g/mol. The van der Waals surface area contributed by atoms with Crippen molar-refractivity contribution in [3.63, 3.8) is 0 Å². The predicted octanol–water partition coefficient (Wildman–Crippen LogP) is 4.83. The van der Waals surface area contributed by atoms with E-state index in [0.29, 0.717) is 36.0 Å². The molecular weight excluding hydrogens is 316 g/mol. The lowest BCUT2D eigenvalue weighted by molar-refractivity contribution is 0.0849. The maximum absolute atomic E-state index is 12.4. The van der Waals surface area contributed by atoms with Crippen LogP contribution in [0.5, 0.6) is 17.2 Å². The molecule has 0 radical (unpaired) electrons. The summed E-state index contributed by atoms with van der Waals surface area (Å²) in [5, 5.41) is 0. The summed E-state index contributed by atoms with van der Waals surface area (Å²) in [5.41, 5.74) is 1.57. The molecule has 1 aliphatic heterocycles. The molecule has 0 amide bonds. The van der Waals surface area contributed by atoms with Gasteiger partial charge in [-0.2, -0.15) is 0 Å². The molecule has 1 atom stereocenters. The van der Waals surface area contributed by atoms with Crippen molar-refractivity contribution in [3.8, 4) is 17.2 Å². The Morgan fingerprint density at radius 1 is 1.12 bits per heavy atom. The van der Waals surface area contributed by atoms with Crippen molar-refractivity contribution in [1.29, 1.82) is 0 Å². The molecule has 1 unspecified atom stereocenters. The number of rotatable bonds is 6. The smallest absolute Gasteiger partial charge is 0.170 e. The van der Waals surface area contributed by atoms with Crippen molar-refractivity contribution < 1.29 is 19.0 Å². The first kappa shape index (κ1) is 17.3. The molecule has 0 saturated heterocycles. The lowest BCUT2D eigenvalue weighted by Crippen LogP contribution is -2.20. The molecule has 0 aromatic heterocycles. The Hall–Kier alpha value is -2.49. The number of methoxy groups -OCH3 is 1. The summed E-state index contributed by atoms with van der Waals surface area (Å²) in [6.07, 6.45) is 1.09. The van der Waals surface area contributed by atoms with Crippen molar-refractivity contribution in [2.24, 2.45) is 5.92 Å². The van der Waals surface area contributed by atoms with Gasteiger partial charge < -0.3 is 14.2 Å². The van der Waals surface area contributed by atoms with Gasteiger partial charge in [0.15, 0.2) is 5.78 Å². The van der Waals surface area contributed by atoms with E-state index in [2.05, 4.69) is 13.8 Å². The van der Waals surface area contributed by atoms with Crippen molar-refractivity contribution >= 4 is 5.78 Å². The van der Waals surface area contributed by atoms with Crippen LogP contribution in [0.4, 0.5) is 0 Å². The third-order valence-corrected chi connectivity index (χ3v) is 4.34. The molecule has 0 spiro atoms. The third kappa shape index (κ3) is 4.13. The highest BCUT2D eigenvalue weighted by Crippen LogP contribution is 2.37. The highest BCUT2D eigenvalue weighted by atomic mass is 16.5. The molecule has 4 nitrogen and oxygen atoms in total. The maximum Gasteiger partial charge on any atom is 0.170 e. The minimum Gasteiger partial charge on any atom is -0.497 e. The van der Waals surface area contributed by atoms with Crippen molar-refractivity contribution in [3.05, 3.63) is 53.6 Å². The van der Waals surface area contributed by atoms with E-state index >= 15 is 0 Å². The van der Waals surface area contributed by atoms with Gasteiger partial charge in [-0.3, -0.25) is 4.79 Å². The first-order valence-electron chi connectivity index (χ1n) is 8.67. The molecule has 0 saturated carbocycles. The molecule has 2 aromatic carbocycles. The topological polar surface area (TPSA) is 44.8 Å². The van der Waals surface area contributed by atoms with E-state index in [1.807, 2.05) is 24.3 Å². The van der Waals surface area contributed by atoms with Gasteiger partial charge in [0.05, 0.1) is 25.7 Å². The molecule has 2 aromatic rings. The fourth-order valence-electron chi connectivity index (χ4n) is 2.81. The van der Waals surface area contributed by atoms with E-state index in [1.54, 1.807) is 25.3 Å². The number of hydrogen-bond donors (Lipinski definition) is 0. The monoisotopic (exact) mass is 340 g/mol. The Morgan fingerprint density at radius 2 is 1.84 bits per heavy atom. The largest absolute Gasteiger partial charge is 0.497 e. The second kappa shape index (κ2) is 7.60. The number of carbonyl (C=O) groups is 1. The van der Waals surface area contributed by atoms with E-state index < -0.39 is 0 Å². The van der Waals surface area contributed by atoms with Crippen LogP contribution in [-0.4, -0.2) is 19.5 Å². The van der Waals surface area contributed by atoms with Gasteiger partial charge in [0.25, 0.3) is 0 Å². The van der Waals surface area contributed by atoms with E-state index in [4.69, 9.17) is 14.2 Å². The van der Waals surface area contributed by atoms with Crippen molar-refractivity contribution in [2.45, 2.75) is 32.8 Å². The van der Waals surface area contributed by atoms with Crippen molar-refractivity contribution in [2.75, 3.05) is 13.7 Å². The van der Waals surface area contributed by atoms with Crippen LogP contribution in [-0.2, 0) is 0 Å². The average Bonchev–Trinajstić information content (AvgIpc) is 2.61. The van der Waals surface area contributed by atoms with E-state index in [9.17, 15) is 4.79 Å². The number of carbonyl (C=O) groups excluding carboxylic acids is 1. The van der Waals surface area contributed by atoms with Gasteiger partial charge in [0, 0.05) is 0 Å². The van der Waals surface area contributed by atoms with Crippen LogP contribution < -0.4 is 14.2 Å². The Morgan fingerprint density at radius 3 is 2.52 bits per heavy atom. The predicted molar refractivity (Wildman–Crippen MR) is 96.7 cm³/mol. The number of benzene rings is 2. The zero-order valence-corrected chi connectivity index (χ0v) is 15.0. The molecule has 0 fully saturated rings. The molecule has 25 heavy (non-hydrogen) atoms. The van der Waals surface area contributed by atoms with Crippen LogP contribution in [0.25, 0.3) is 0 Å². The summed E-state index contributed by atoms with van der Waals surface area (Å²) in [6, 6.07) is 13.1. The van der Waals surface area contributed by atoms with E-state index in [-0.39, 0.29) is 11.9 Å². The molecule has 0 bridgehead atoms. The van der Waals surface area contributed by atoms with Gasteiger partial charge in [-0.25, -0.2) is 0 Å². The number of hydrogen-bond acceptors (Lipinski definition) is 4. The van der Waals surface area contributed by atoms with E-state index in [1.165, 1.54) is 0 Å². The summed E-state index contributed by atoms with van der Waals surface area (Å²) >= 11 is 0. The summed E-state index contributed by atoms with van der Waals surface area (Å²) in [6.45, 7) is 5.07. The molecule has 1 aliphatic rings. The normalized spacial score (nSPS) is 16.3. The van der Waals surface area contributed by atoms with Crippen LogP contribution in [0.1, 0.15) is 48.7 Å². The fourth-order valence-corrected chi connectivity index (χ4v) is 2.81. The molecule has 1 heterocycles. The Labute approximate surface area is 148 Å². The van der Waals surface area contributed by atoms with Gasteiger partial charge in [-0.05, 0) is 48.2 Å². The van der Waals surface area contributed by atoms with Gasteiger partial charge in [0.1, 0.15) is 23.4 Å². The SMILES string of the molecule is COc1ccc2c(c1)C(=O)CC(c1ccc(OCCC(C)C)cc1)O2. The molecule has 3 rings (SSSR count). The van der Waals surface area contributed by atoms with Crippen LogP contribution in [0, 0.1) is 5.92 Å².